The second-order valence-electron chi connectivity index (χ2n) is 4.70. The lowest BCUT2D eigenvalue weighted by atomic mass is 10.00. The van der Waals surface area contributed by atoms with Gasteiger partial charge in [0, 0.05) is 19.2 Å². The van der Waals surface area contributed by atoms with Gasteiger partial charge in [-0.05, 0) is 17.5 Å². The van der Waals surface area contributed by atoms with Crippen molar-refractivity contribution in [3.63, 3.8) is 0 Å². The van der Waals surface area contributed by atoms with E-state index in [4.69, 9.17) is 0 Å². The summed E-state index contributed by atoms with van der Waals surface area (Å²) in [6.45, 7) is 1.23. The van der Waals surface area contributed by atoms with E-state index >= 15 is 0 Å². The van der Waals surface area contributed by atoms with E-state index in [1.165, 1.54) is 5.56 Å². The van der Waals surface area contributed by atoms with Crippen LogP contribution < -0.4 is 4.90 Å². The van der Waals surface area contributed by atoms with Crippen LogP contribution in [0.25, 0.3) is 0 Å². The van der Waals surface area contributed by atoms with Crippen LogP contribution in [0.3, 0.4) is 0 Å². The summed E-state index contributed by atoms with van der Waals surface area (Å²) < 4.78 is 38.0. The Balaban J connectivity index is 1.88. The first-order chi connectivity index (χ1) is 9.54. The monoisotopic (exact) mass is 279 g/mol. The number of hydrogen-bond acceptors (Lipinski definition) is 3. The molecule has 2 aromatic rings. The Kier molecular flexibility index (Phi) is 3.08. The molecule has 0 aliphatic carbocycles. The highest BCUT2D eigenvalue weighted by Gasteiger charge is 2.33. The molecular weight excluding hydrogens is 267 g/mol. The fraction of sp³-hybridized carbons (Fsp3) is 0.286. The highest BCUT2D eigenvalue weighted by molar-refractivity contribution is 5.44. The average molecular weight is 279 g/mol. The van der Waals surface area contributed by atoms with E-state index in [9.17, 15) is 13.2 Å². The normalized spacial score (nSPS) is 15.1. The van der Waals surface area contributed by atoms with Crippen LogP contribution in [0.15, 0.2) is 36.7 Å². The molecule has 0 saturated heterocycles. The van der Waals surface area contributed by atoms with Gasteiger partial charge in [-0.25, -0.2) is 9.97 Å². The molecule has 1 aromatic heterocycles. The molecule has 2 heterocycles. The molecule has 0 unspecified atom stereocenters. The molecule has 0 atom stereocenters. The van der Waals surface area contributed by atoms with E-state index in [1.54, 1.807) is 0 Å². The molecular formula is C14H12F3N3. The van der Waals surface area contributed by atoms with Gasteiger partial charge in [0.2, 0.25) is 0 Å². The second kappa shape index (κ2) is 4.77. The van der Waals surface area contributed by atoms with E-state index in [-0.39, 0.29) is 0 Å². The Morgan fingerprint density at radius 3 is 2.55 bits per heavy atom. The van der Waals surface area contributed by atoms with Crippen LogP contribution in [0, 0.1) is 0 Å². The summed E-state index contributed by atoms with van der Waals surface area (Å²) >= 11 is 0. The van der Waals surface area contributed by atoms with E-state index < -0.39 is 11.9 Å². The molecule has 0 spiro atoms. The molecule has 0 radical (unpaired) electrons. The zero-order valence-electron chi connectivity index (χ0n) is 10.6. The number of halogens is 3. The number of fused-ring (bicyclic) bond motifs is 1. The first kappa shape index (κ1) is 12.9. The number of hydrogen-bond donors (Lipinski definition) is 0. The Labute approximate surface area is 114 Å². The molecule has 0 N–H and O–H groups in total. The molecule has 0 fully saturated rings. The molecule has 3 nitrogen and oxygen atoms in total. The minimum absolute atomic E-state index is 0.321. The van der Waals surface area contributed by atoms with E-state index in [0.717, 1.165) is 24.4 Å². The molecule has 1 aromatic carbocycles. The highest BCUT2D eigenvalue weighted by atomic mass is 19.4. The minimum Gasteiger partial charge on any atom is -0.352 e. The van der Waals surface area contributed by atoms with Crippen LogP contribution in [-0.4, -0.2) is 16.5 Å². The summed E-state index contributed by atoms with van der Waals surface area (Å²) in [6, 6.07) is 8.96. The van der Waals surface area contributed by atoms with Gasteiger partial charge in [0.05, 0.1) is 0 Å². The van der Waals surface area contributed by atoms with Gasteiger partial charge in [-0.1, -0.05) is 24.3 Å². The number of benzene rings is 1. The lowest BCUT2D eigenvalue weighted by molar-refractivity contribution is -0.141. The van der Waals surface area contributed by atoms with Crippen LogP contribution in [0.2, 0.25) is 0 Å². The van der Waals surface area contributed by atoms with Crippen molar-refractivity contribution in [1.82, 2.24) is 9.97 Å². The number of nitrogens with zero attached hydrogens (tertiary/aromatic N) is 3. The quantitative estimate of drug-likeness (QED) is 0.803. The Morgan fingerprint density at radius 2 is 1.80 bits per heavy atom. The molecule has 20 heavy (non-hydrogen) atoms. The van der Waals surface area contributed by atoms with Crippen molar-refractivity contribution < 1.29 is 13.2 Å². The van der Waals surface area contributed by atoms with Gasteiger partial charge in [-0.15, -0.1) is 0 Å². The van der Waals surface area contributed by atoms with Gasteiger partial charge in [0.1, 0.15) is 17.8 Å². The SMILES string of the molecule is FC(F)(F)c1cc(N2CCc3ccccc3C2)ncn1. The molecule has 0 saturated carbocycles. The lowest BCUT2D eigenvalue weighted by Crippen LogP contribution is -2.31. The van der Waals surface area contributed by atoms with Gasteiger partial charge in [-0.3, -0.25) is 0 Å². The minimum atomic E-state index is -4.44. The van der Waals surface area contributed by atoms with Gasteiger partial charge in [0.15, 0.2) is 0 Å². The summed E-state index contributed by atoms with van der Waals surface area (Å²) in [6.07, 6.45) is -2.66. The summed E-state index contributed by atoms with van der Waals surface area (Å²) in [5, 5.41) is 0. The van der Waals surface area contributed by atoms with Gasteiger partial charge in [-0.2, -0.15) is 13.2 Å². The number of rotatable bonds is 1. The summed E-state index contributed by atoms with van der Waals surface area (Å²) in [5.74, 6) is 0.321. The molecule has 6 heteroatoms. The predicted molar refractivity (Wildman–Crippen MR) is 68.2 cm³/mol. The predicted octanol–water partition coefficient (Wildman–Crippen LogP) is 3.06. The van der Waals surface area contributed by atoms with Crippen molar-refractivity contribution in [2.24, 2.45) is 0 Å². The molecule has 0 bridgehead atoms. The van der Waals surface area contributed by atoms with Crippen LogP contribution >= 0.6 is 0 Å². The average Bonchev–Trinajstić information content (AvgIpc) is 2.46. The first-order valence-electron chi connectivity index (χ1n) is 6.25. The summed E-state index contributed by atoms with van der Waals surface area (Å²) in [5.41, 5.74) is 1.47. The van der Waals surface area contributed by atoms with Crippen molar-refractivity contribution in [1.29, 1.82) is 0 Å². The van der Waals surface area contributed by atoms with Crippen LogP contribution in [0.5, 0.6) is 0 Å². The van der Waals surface area contributed by atoms with Gasteiger partial charge in [0.25, 0.3) is 0 Å². The van der Waals surface area contributed by atoms with Crippen LogP contribution in [0.4, 0.5) is 19.0 Å². The largest absolute Gasteiger partial charge is 0.433 e. The third kappa shape index (κ3) is 2.45. The van der Waals surface area contributed by atoms with Gasteiger partial charge < -0.3 is 4.90 Å². The fourth-order valence-corrected chi connectivity index (χ4v) is 2.37. The maximum atomic E-state index is 12.7. The van der Waals surface area contributed by atoms with Crippen molar-refractivity contribution in [3.05, 3.63) is 53.5 Å². The Hall–Kier alpha value is -2.11. The van der Waals surface area contributed by atoms with Crippen molar-refractivity contribution >= 4 is 5.82 Å². The number of alkyl halides is 3. The lowest BCUT2D eigenvalue weighted by Gasteiger charge is -2.29. The van der Waals surface area contributed by atoms with Crippen molar-refractivity contribution in [3.8, 4) is 0 Å². The molecule has 1 aliphatic heterocycles. The topological polar surface area (TPSA) is 29.0 Å². The smallest absolute Gasteiger partial charge is 0.352 e. The second-order valence-corrected chi connectivity index (χ2v) is 4.70. The van der Waals surface area contributed by atoms with E-state index in [0.29, 0.717) is 18.9 Å². The maximum absolute atomic E-state index is 12.7. The Morgan fingerprint density at radius 1 is 1.05 bits per heavy atom. The third-order valence-corrected chi connectivity index (χ3v) is 3.40. The standard InChI is InChI=1S/C14H12F3N3/c15-14(16,17)12-7-13(19-9-18-12)20-6-5-10-3-1-2-4-11(10)8-20/h1-4,7,9H,5-6,8H2. The van der Waals surface area contributed by atoms with Crippen molar-refractivity contribution in [2.45, 2.75) is 19.1 Å². The molecule has 0 amide bonds. The molecule has 3 rings (SSSR count). The fourth-order valence-electron chi connectivity index (χ4n) is 2.37. The zero-order valence-corrected chi connectivity index (χ0v) is 10.6. The van der Waals surface area contributed by atoms with Crippen LogP contribution in [0.1, 0.15) is 16.8 Å². The highest BCUT2D eigenvalue weighted by Crippen LogP contribution is 2.30. The summed E-state index contributed by atoms with van der Waals surface area (Å²) in [4.78, 5) is 9.10. The maximum Gasteiger partial charge on any atom is 0.433 e. The zero-order chi connectivity index (χ0) is 14.2. The molecule has 1 aliphatic rings. The number of anilines is 1. The number of aromatic nitrogens is 2. The Bertz CT molecular complexity index is 625. The first-order valence-corrected chi connectivity index (χ1v) is 6.25. The third-order valence-electron chi connectivity index (χ3n) is 3.40. The summed E-state index contributed by atoms with van der Waals surface area (Å²) in [7, 11) is 0. The molecule has 104 valence electrons. The van der Waals surface area contributed by atoms with Gasteiger partial charge >= 0.3 is 6.18 Å². The van der Waals surface area contributed by atoms with Crippen LogP contribution in [-0.2, 0) is 19.1 Å². The van der Waals surface area contributed by atoms with Crippen molar-refractivity contribution in [2.75, 3.05) is 11.4 Å². The van der Waals surface area contributed by atoms with E-state index in [2.05, 4.69) is 9.97 Å². The van der Waals surface area contributed by atoms with E-state index in [1.807, 2.05) is 29.2 Å².